The third-order valence-corrected chi connectivity index (χ3v) is 2.29. The molecule has 0 fully saturated rings. The molecule has 1 rings (SSSR count). The number of hydrogen-bond acceptors (Lipinski definition) is 2. The minimum absolute atomic E-state index is 0.716. The van der Waals surface area contributed by atoms with E-state index < -0.39 is 0 Å². The summed E-state index contributed by atoms with van der Waals surface area (Å²) in [5.74, 6) is 0. The first-order valence-electron chi connectivity index (χ1n) is 7.79. The molecule has 0 atom stereocenters. The zero-order valence-corrected chi connectivity index (χ0v) is 14.6. The van der Waals surface area contributed by atoms with Crippen LogP contribution in [-0.4, -0.2) is 19.6 Å². The minimum atomic E-state index is 0.716. The van der Waals surface area contributed by atoms with Crippen molar-refractivity contribution >= 4 is 5.69 Å². The predicted octanol–water partition coefficient (Wildman–Crippen LogP) is 5.02. The molecule has 0 radical (unpaired) electrons. The van der Waals surface area contributed by atoms with Gasteiger partial charge in [-0.25, -0.2) is 0 Å². The van der Waals surface area contributed by atoms with E-state index in [9.17, 15) is 0 Å². The van der Waals surface area contributed by atoms with Gasteiger partial charge < -0.3 is 10.6 Å². The van der Waals surface area contributed by atoms with Crippen LogP contribution >= 0.6 is 0 Å². The topological polar surface area (TPSA) is 29.3 Å². The van der Waals surface area contributed by atoms with Crippen molar-refractivity contribution < 1.29 is 0 Å². The Morgan fingerprint density at radius 2 is 1.40 bits per heavy atom. The molecule has 2 heteroatoms. The quantitative estimate of drug-likeness (QED) is 0.767. The van der Waals surface area contributed by atoms with E-state index in [0.717, 1.165) is 19.5 Å². The van der Waals surface area contributed by atoms with Crippen LogP contribution in [0.2, 0.25) is 0 Å². The van der Waals surface area contributed by atoms with E-state index in [-0.39, 0.29) is 0 Å². The fourth-order valence-electron chi connectivity index (χ4n) is 1.55. The van der Waals surface area contributed by atoms with Gasteiger partial charge in [0.2, 0.25) is 0 Å². The summed E-state index contributed by atoms with van der Waals surface area (Å²) in [6, 6.07) is 8.63. The molecule has 1 aromatic carbocycles. The Hall–Kier alpha value is -1.28. The van der Waals surface area contributed by atoms with Crippen LogP contribution in [0.25, 0.3) is 0 Å². The van der Waals surface area contributed by atoms with Crippen LogP contribution in [0.4, 0.5) is 5.69 Å². The molecule has 0 amide bonds. The van der Waals surface area contributed by atoms with E-state index in [1.165, 1.54) is 11.3 Å². The van der Waals surface area contributed by atoms with Crippen molar-refractivity contribution in [1.29, 1.82) is 0 Å². The number of nitrogens with two attached hydrogens (primary N) is 1. The lowest BCUT2D eigenvalue weighted by atomic mass is 10.2. The molecule has 0 unspecified atom stereocenters. The number of nitrogens with zero attached hydrogens (tertiary/aromatic N) is 1. The second-order valence-electron chi connectivity index (χ2n) is 3.61. The van der Waals surface area contributed by atoms with E-state index in [1.54, 1.807) is 0 Å². The summed E-state index contributed by atoms with van der Waals surface area (Å²) in [5, 5.41) is 0. The Morgan fingerprint density at radius 1 is 0.950 bits per heavy atom. The number of hydrogen-bond donors (Lipinski definition) is 1. The van der Waals surface area contributed by atoms with E-state index in [4.69, 9.17) is 5.73 Å². The molecule has 0 aromatic heterocycles. The van der Waals surface area contributed by atoms with Crippen LogP contribution in [0.1, 0.15) is 46.6 Å². The smallest absolute Gasteiger partial charge is 0.0366 e. The third-order valence-electron chi connectivity index (χ3n) is 2.29. The lowest BCUT2D eigenvalue weighted by Gasteiger charge is -2.23. The molecule has 118 valence electrons. The Balaban J connectivity index is -0.000000425. The highest BCUT2D eigenvalue weighted by Crippen LogP contribution is 2.14. The summed E-state index contributed by atoms with van der Waals surface area (Å²) in [6.45, 7) is 21.0. The molecule has 0 bridgehead atoms. The number of benzene rings is 1. The maximum absolute atomic E-state index is 5.59. The molecule has 2 N–H and O–H groups in total. The van der Waals surface area contributed by atoms with Crippen LogP contribution in [0.3, 0.4) is 0 Å². The maximum Gasteiger partial charge on any atom is 0.0366 e. The summed E-state index contributed by atoms with van der Waals surface area (Å²) in [5.41, 5.74) is 8.17. The van der Waals surface area contributed by atoms with Gasteiger partial charge in [0, 0.05) is 25.3 Å². The minimum Gasteiger partial charge on any atom is -0.370 e. The Bertz CT molecular complexity index is 261. The zero-order valence-electron chi connectivity index (χ0n) is 14.6. The van der Waals surface area contributed by atoms with Crippen molar-refractivity contribution in [1.82, 2.24) is 0 Å². The van der Waals surface area contributed by atoms with Crippen molar-refractivity contribution in [2.45, 2.75) is 48.0 Å². The van der Waals surface area contributed by atoms with Crippen LogP contribution in [-0.2, 0) is 0 Å². The monoisotopic (exact) mass is 280 g/mol. The highest BCUT2D eigenvalue weighted by atomic mass is 15.1. The highest BCUT2D eigenvalue weighted by molar-refractivity contribution is 5.47. The van der Waals surface area contributed by atoms with Gasteiger partial charge in [-0.1, -0.05) is 52.3 Å². The molecule has 1 aromatic rings. The number of aryl methyl sites for hydroxylation is 1. The molecule has 0 heterocycles. The number of anilines is 1. The Kier molecular flexibility index (Phi) is 23.8. The van der Waals surface area contributed by atoms with Crippen LogP contribution < -0.4 is 10.6 Å². The Labute approximate surface area is 127 Å². The third kappa shape index (κ3) is 11.8. The predicted molar refractivity (Wildman–Crippen MR) is 96.7 cm³/mol. The largest absolute Gasteiger partial charge is 0.370 e. The van der Waals surface area contributed by atoms with E-state index in [1.807, 2.05) is 27.7 Å². The SMILES string of the molecule is C=C.CC.CC.CCCN(CCN)c1ccc(C)cc1. The summed E-state index contributed by atoms with van der Waals surface area (Å²) in [6.07, 6.45) is 1.16. The summed E-state index contributed by atoms with van der Waals surface area (Å²) >= 11 is 0. The Morgan fingerprint density at radius 3 is 1.75 bits per heavy atom. The second-order valence-corrected chi connectivity index (χ2v) is 3.61. The fraction of sp³-hybridized carbons (Fsp3) is 0.556. The van der Waals surface area contributed by atoms with Crippen LogP contribution in [0.15, 0.2) is 37.4 Å². The van der Waals surface area contributed by atoms with Gasteiger partial charge in [-0.05, 0) is 25.5 Å². The maximum atomic E-state index is 5.59. The molecule has 0 saturated carbocycles. The van der Waals surface area contributed by atoms with Gasteiger partial charge in [-0.3, -0.25) is 0 Å². The lowest BCUT2D eigenvalue weighted by Crippen LogP contribution is -2.29. The molecule has 0 aliphatic carbocycles. The van der Waals surface area contributed by atoms with Crippen molar-refractivity contribution in [3.8, 4) is 0 Å². The molecule has 0 aliphatic heterocycles. The zero-order chi connectivity index (χ0) is 16.4. The molecule has 20 heavy (non-hydrogen) atoms. The molecular weight excluding hydrogens is 244 g/mol. The lowest BCUT2D eigenvalue weighted by molar-refractivity contribution is 0.762. The van der Waals surface area contributed by atoms with E-state index >= 15 is 0 Å². The van der Waals surface area contributed by atoms with Gasteiger partial charge in [0.1, 0.15) is 0 Å². The molecule has 0 spiro atoms. The standard InChI is InChI=1S/C12H20N2.2C2H6.C2H4/c1-3-9-14(10-8-13)12-6-4-11(2)5-7-12;3*1-2/h4-7H,3,8-10,13H2,1-2H3;2*1-2H3;1-2H2. The van der Waals surface area contributed by atoms with Crippen molar-refractivity contribution in [3.05, 3.63) is 43.0 Å². The first-order valence-corrected chi connectivity index (χ1v) is 7.79. The summed E-state index contributed by atoms with van der Waals surface area (Å²) < 4.78 is 0. The molecular formula is C18H36N2. The van der Waals surface area contributed by atoms with Gasteiger partial charge in [0.15, 0.2) is 0 Å². The van der Waals surface area contributed by atoms with Gasteiger partial charge in [0.05, 0.1) is 0 Å². The van der Waals surface area contributed by atoms with Crippen LogP contribution in [0, 0.1) is 6.92 Å². The van der Waals surface area contributed by atoms with Crippen molar-refractivity contribution in [2.24, 2.45) is 5.73 Å². The van der Waals surface area contributed by atoms with E-state index in [2.05, 4.69) is 56.2 Å². The molecule has 2 nitrogen and oxygen atoms in total. The van der Waals surface area contributed by atoms with Gasteiger partial charge in [-0.2, -0.15) is 0 Å². The first kappa shape index (κ1) is 23.8. The van der Waals surface area contributed by atoms with E-state index in [0.29, 0.717) is 6.54 Å². The highest BCUT2D eigenvalue weighted by Gasteiger charge is 2.02. The second kappa shape index (κ2) is 20.0. The van der Waals surface area contributed by atoms with Crippen LogP contribution in [0.5, 0.6) is 0 Å². The fourth-order valence-corrected chi connectivity index (χ4v) is 1.55. The summed E-state index contributed by atoms with van der Waals surface area (Å²) in [4.78, 5) is 2.33. The first-order chi connectivity index (χ1) is 9.77. The average molecular weight is 280 g/mol. The normalized spacial score (nSPS) is 7.95. The van der Waals surface area contributed by atoms with Gasteiger partial charge in [0.25, 0.3) is 0 Å². The molecule has 0 aliphatic rings. The van der Waals surface area contributed by atoms with Crippen molar-refractivity contribution in [3.63, 3.8) is 0 Å². The molecule has 0 saturated heterocycles. The average Bonchev–Trinajstić information content (AvgIpc) is 2.54. The van der Waals surface area contributed by atoms with Gasteiger partial charge >= 0.3 is 0 Å². The van der Waals surface area contributed by atoms with Gasteiger partial charge in [-0.15, -0.1) is 13.2 Å². The van der Waals surface area contributed by atoms with Crippen molar-refractivity contribution in [2.75, 3.05) is 24.5 Å². The number of rotatable bonds is 5. The summed E-state index contributed by atoms with van der Waals surface area (Å²) in [7, 11) is 0.